The van der Waals surface area contributed by atoms with E-state index < -0.39 is 14.9 Å². The lowest BCUT2D eigenvalue weighted by Crippen LogP contribution is -2.28. The summed E-state index contributed by atoms with van der Waals surface area (Å²) in [5, 5.41) is 15.2. The van der Waals surface area contributed by atoms with E-state index in [1.165, 1.54) is 12.1 Å². The summed E-state index contributed by atoms with van der Waals surface area (Å²) in [6.45, 7) is 0.986. The van der Waals surface area contributed by atoms with E-state index in [2.05, 4.69) is 10.0 Å². The van der Waals surface area contributed by atoms with E-state index in [0.29, 0.717) is 24.9 Å². The Morgan fingerprint density at radius 2 is 1.49 bits per heavy atom. The lowest BCUT2D eigenvalue weighted by molar-refractivity contribution is -0.384. The van der Waals surface area contributed by atoms with Crippen molar-refractivity contribution in [3.8, 4) is 0 Å². The van der Waals surface area contributed by atoms with E-state index in [-0.39, 0.29) is 23.2 Å². The quantitative estimate of drug-likeness (QED) is 0.210. The molecular formula is C26H32N4O4S. The minimum Gasteiger partial charge on any atom is -0.376 e. The Hall–Kier alpha value is -3.27. The molecule has 0 fully saturated rings. The van der Waals surface area contributed by atoms with Gasteiger partial charge in [0.05, 0.1) is 9.82 Å². The molecule has 2 N–H and O–H groups in total. The molecule has 35 heavy (non-hydrogen) atoms. The van der Waals surface area contributed by atoms with Crippen molar-refractivity contribution in [2.24, 2.45) is 0 Å². The summed E-state index contributed by atoms with van der Waals surface area (Å²) in [5.41, 5.74) is 2.22. The predicted octanol–water partition coefficient (Wildman–Crippen LogP) is 4.09. The van der Waals surface area contributed by atoms with Crippen LogP contribution in [0.5, 0.6) is 0 Å². The van der Waals surface area contributed by atoms with Gasteiger partial charge in [-0.15, -0.1) is 0 Å². The predicted molar refractivity (Wildman–Crippen MR) is 139 cm³/mol. The first-order chi connectivity index (χ1) is 16.7. The molecule has 0 unspecified atom stereocenters. The van der Waals surface area contributed by atoms with E-state index in [1.807, 2.05) is 79.7 Å². The van der Waals surface area contributed by atoms with Crippen LogP contribution in [0.4, 0.5) is 11.4 Å². The topological polar surface area (TPSA) is 105 Å². The number of sulfonamides is 1. The van der Waals surface area contributed by atoms with Crippen LogP contribution in [-0.2, 0) is 22.9 Å². The molecule has 0 heterocycles. The maximum Gasteiger partial charge on any atom is 0.293 e. The fourth-order valence-electron chi connectivity index (χ4n) is 3.83. The Kier molecular flexibility index (Phi) is 9.36. The molecule has 0 amide bonds. The van der Waals surface area contributed by atoms with Gasteiger partial charge in [0.15, 0.2) is 0 Å². The van der Waals surface area contributed by atoms with Crippen molar-refractivity contribution in [1.29, 1.82) is 0 Å². The third kappa shape index (κ3) is 8.17. The molecule has 0 aliphatic carbocycles. The summed E-state index contributed by atoms with van der Waals surface area (Å²) >= 11 is 0. The smallest absolute Gasteiger partial charge is 0.293 e. The molecule has 0 saturated carbocycles. The second-order valence-corrected chi connectivity index (χ2v) is 10.5. The Bertz CT molecular complexity index is 1160. The monoisotopic (exact) mass is 496 g/mol. The van der Waals surface area contributed by atoms with Gasteiger partial charge >= 0.3 is 0 Å². The average molecular weight is 497 g/mol. The molecule has 8 nitrogen and oxygen atoms in total. The minimum absolute atomic E-state index is 0.123. The second kappa shape index (κ2) is 12.4. The number of nitro groups is 1. The molecule has 0 aliphatic heterocycles. The highest BCUT2D eigenvalue weighted by atomic mass is 32.2. The maximum absolute atomic E-state index is 12.7. The zero-order valence-electron chi connectivity index (χ0n) is 20.1. The van der Waals surface area contributed by atoms with E-state index in [4.69, 9.17) is 0 Å². The molecule has 3 aromatic carbocycles. The Balaban J connectivity index is 1.83. The zero-order chi connectivity index (χ0) is 25.3. The normalized spacial score (nSPS) is 11.7. The summed E-state index contributed by atoms with van der Waals surface area (Å²) < 4.78 is 27.9. The highest BCUT2D eigenvalue weighted by Gasteiger charge is 2.23. The molecular weight excluding hydrogens is 464 g/mol. The molecule has 186 valence electrons. The van der Waals surface area contributed by atoms with Crippen LogP contribution in [-0.4, -0.2) is 51.5 Å². The number of nitrogens with one attached hydrogen (secondary N) is 2. The fraction of sp³-hybridized carbons (Fsp3) is 0.308. The second-order valence-electron chi connectivity index (χ2n) is 8.71. The number of anilines is 1. The minimum atomic E-state index is -3.86. The number of rotatable bonds is 13. The molecule has 0 spiro atoms. The lowest BCUT2D eigenvalue weighted by Gasteiger charge is -2.21. The average Bonchev–Trinajstić information content (AvgIpc) is 2.83. The van der Waals surface area contributed by atoms with Crippen LogP contribution in [0.1, 0.15) is 17.5 Å². The van der Waals surface area contributed by atoms with Crippen LogP contribution in [0.3, 0.4) is 0 Å². The van der Waals surface area contributed by atoms with Crippen molar-refractivity contribution in [2.45, 2.75) is 30.2 Å². The van der Waals surface area contributed by atoms with Crippen molar-refractivity contribution in [2.75, 3.05) is 32.5 Å². The third-order valence-corrected chi connectivity index (χ3v) is 7.02. The highest BCUT2D eigenvalue weighted by molar-refractivity contribution is 7.89. The van der Waals surface area contributed by atoms with E-state index in [1.54, 1.807) is 0 Å². The van der Waals surface area contributed by atoms with Gasteiger partial charge in [-0.25, -0.2) is 13.1 Å². The van der Waals surface area contributed by atoms with Crippen LogP contribution < -0.4 is 10.0 Å². The number of nitrogens with zero attached hydrogens (tertiary/aromatic N) is 2. The molecule has 3 aromatic rings. The van der Waals surface area contributed by atoms with Crippen molar-refractivity contribution < 1.29 is 13.3 Å². The van der Waals surface area contributed by atoms with Crippen LogP contribution in [0.15, 0.2) is 83.8 Å². The lowest BCUT2D eigenvalue weighted by atomic mass is 9.98. The Morgan fingerprint density at radius 1 is 0.914 bits per heavy atom. The van der Waals surface area contributed by atoms with Crippen molar-refractivity contribution in [3.05, 3.63) is 100 Å². The van der Waals surface area contributed by atoms with E-state index in [9.17, 15) is 18.5 Å². The number of hydrogen-bond acceptors (Lipinski definition) is 6. The molecule has 0 atom stereocenters. The molecule has 0 aromatic heterocycles. The van der Waals surface area contributed by atoms with Crippen LogP contribution in [0, 0.1) is 10.1 Å². The summed E-state index contributed by atoms with van der Waals surface area (Å²) in [6, 6.07) is 23.7. The summed E-state index contributed by atoms with van der Waals surface area (Å²) in [5.74, 6) is 0. The Labute approximate surface area is 207 Å². The van der Waals surface area contributed by atoms with Crippen molar-refractivity contribution >= 4 is 21.4 Å². The van der Waals surface area contributed by atoms with Crippen LogP contribution >= 0.6 is 0 Å². The number of nitro benzene ring substituents is 1. The third-order valence-electron chi connectivity index (χ3n) is 5.56. The Morgan fingerprint density at radius 3 is 2.00 bits per heavy atom. The SMILES string of the molecule is CN(C)CCCNS(=O)(=O)c1ccc(NC(Cc2ccccc2)Cc2ccccc2)c([N+](=O)[O-])c1. The summed E-state index contributed by atoms with van der Waals surface area (Å²) in [7, 11) is -0.0390. The van der Waals surface area contributed by atoms with Crippen molar-refractivity contribution in [3.63, 3.8) is 0 Å². The van der Waals surface area contributed by atoms with E-state index >= 15 is 0 Å². The van der Waals surface area contributed by atoms with Gasteiger partial charge in [-0.2, -0.15) is 0 Å². The summed E-state index contributed by atoms with van der Waals surface area (Å²) in [4.78, 5) is 13.2. The number of benzene rings is 3. The number of hydrogen-bond donors (Lipinski definition) is 2. The maximum atomic E-state index is 12.7. The van der Waals surface area contributed by atoms with Gasteiger partial charge in [0, 0.05) is 18.7 Å². The zero-order valence-corrected chi connectivity index (χ0v) is 20.9. The molecule has 0 bridgehead atoms. The van der Waals surface area contributed by atoms with Gasteiger partial charge in [0.2, 0.25) is 10.0 Å². The first-order valence-electron chi connectivity index (χ1n) is 11.5. The van der Waals surface area contributed by atoms with Crippen molar-refractivity contribution in [1.82, 2.24) is 9.62 Å². The van der Waals surface area contributed by atoms with Gasteiger partial charge in [0.25, 0.3) is 5.69 Å². The van der Waals surface area contributed by atoms with Crippen LogP contribution in [0.2, 0.25) is 0 Å². The first-order valence-corrected chi connectivity index (χ1v) is 13.0. The molecule has 0 radical (unpaired) electrons. The fourth-order valence-corrected chi connectivity index (χ4v) is 4.92. The van der Waals surface area contributed by atoms with E-state index in [0.717, 1.165) is 23.7 Å². The van der Waals surface area contributed by atoms with Gasteiger partial charge in [-0.05, 0) is 63.2 Å². The van der Waals surface area contributed by atoms with Crippen LogP contribution in [0.25, 0.3) is 0 Å². The standard InChI is InChI=1S/C26H32N4O4S/c1-29(2)17-9-16-27-35(33,34)24-14-15-25(26(20-24)30(31)32)28-23(18-21-10-5-3-6-11-21)19-22-12-7-4-8-13-22/h3-8,10-15,20,23,27-28H,9,16-19H2,1-2H3. The van der Waals surface area contributed by atoms with Gasteiger partial charge in [0.1, 0.15) is 5.69 Å². The summed E-state index contributed by atoms with van der Waals surface area (Å²) in [6.07, 6.45) is 1.94. The van der Waals surface area contributed by atoms with Gasteiger partial charge in [-0.1, -0.05) is 60.7 Å². The first kappa shape index (κ1) is 26.3. The largest absolute Gasteiger partial charge is 0.376 e. The van der Waals surface area contributed by atoms with Gasteiger partial charge < -0.3 is 10.2 Å². The molecule has 0 aliphatic rings. The van der Waals surface area contributed by atoms with Gasteiger partial charge in [-0.3, -0.25) is 10.1 Å². The molecule has 3 rings (SSSR count). The molecule has 0 saturated heterocycles. The highest BCUT2D eigenvalue weighted by Crippen LogP contribution is 2.29. The molecule has 9 heteroatoms.